The molecule has 0 radical (unpaired) electrons. The van der Waals surface area contributed by atoms with Gasteiger partial charge in [0.05, 0.1) is 43.5 Å². The molecule has 0 fully saturated rings. The monoisotopic (exact) mass is 1030 g/mol. The van der Waals surface area contributed by atoms with Crippen LogP contribution >= 0.6 is 0 Å². The molecule has 4 heterocycles. The Morgan fingerprint density at radius 2 is 0.838 bits per heavy atom. The zero-order valence-corrected chi connectivity index (χ0v) is 43.4. The lowest BCUT2D eigenvalue weighted by Crippen LogP contribution is -1.94. The molecular weight excluding hydrogens is 979 g/mol. The Balaban J connectivity index is 0.000000104. The Hall–Kier alpha value is -10.8. The lowest BCUT2D eigenvalue weighted by molar-refractivity contribution is -0.382. The lowest BCUT2D eigenvalue weighted by atomic mass is 9.97. The van der Waals surface area contributed by atoms with Gasteiger partial charge in [-0.25, -0.2) is 0 Å². The van der Waals surface area contributed by atoms with Gasteiger partial charge in [0.2, 0.25) is 0 Å². The van der Waals surface area contributed by atoms with Crippen LogP contribution in [0.25, 0.3) is 126 Å². The van der Waals surface area contributed by atoms with Crippen molar-refractivity contribution in [2.45, 2.75) is 6.42 Å². The van der Waals surface area contributed by atoms with Crippen LogP contribution in [0.4, 0.5) is 5.69 Å². The summed E-state index contributed by atoms with van der Waals surface area (Å²) < 4.78 is 6.66. The maximum atomic E-state index is 11.9. The van der Waals surface area contributed by atoms with Gasteiger partial charge in [0.1, 0.15) is 0 Å². The van der Waals surface area contributed by atoms with E-state index < -0.39 is 0 Å². The summed E-state index contributed by atoms with van der Waals surface area (Å²) in [6.45, 7) is 0. The highest BCUT2D eigenvalue weighted by molar-refractivity contribution is 6.22. The van der Waals surface area contributed by atoms with Crippen LogP contribution < -0.4 is 0 Å². The number of nitro benzene ring substituents is 1. The van der Waals surface area contributed by atoms with E-state index in [0.717, 1.165) is 34.0 Å². The minimum absolute atomic E-state index is 0.153. The predicted octanol–water partition coefficient (Wildman–Crippen LogP) is 19.1. The SMILES string of the molecule is O=[N+]([O-])c1c(-c2ccc3c(ccn3-c3ccccc3)c2)ccc2ccccc12.c1ccc(-n2ccc3c4[nH]c5c6ccccc6ccc5c4ccc32)cc1.c1ccc(-n2ccc3cc4c(cc32)Cc2c-4ccc3ccccc23)cc1. The standard InChI is InChI=1S/C25H17N.C24H16N2O2.C24H16N2/c1-2-7-20(8-3-1)26-13-12-18-14-23-19(16-25(18)26)15-24-21-9-5-4-6-17(21)10-11-22(23)24;27-26(28)24-21-9-5-4-6-17(21)10-12-22(24)18-11-13-23-19(16-18)14-15-25(23)20-7-2-1-3-8-20;1-2-7-17(8-3-1)26-15-14-21-22(26)13-12-20-19-11-10-16-6-4-5-9-18(16)23(19)25-24(20)21/h1-14,16H,15H2;1-16H;1-15,25H. The van der Waals surface area contributed by atoms with Crippen molar-refractivity contribution in [3.63, 3.8) is 0 Å². The Kier molecular flexibility index (Phi) is 11.1. The normalized spacial score (nSPS) is 11.8. The summed E-state index contributed by atoms with van der Waals surface area (Å²) in [4.78, 5) is 15.3. The molecule has 0 saturated heterocycles. The van der Waals surface area contributed by atoms with E-state index in [1.165, 1.54) is 98.8 Å². The van der Waals surface area contributed by atoms with Gasteiger partial charge in [0, 0.05) is 68.0 Å². The van der Waals surface area contributed by atoms with E-state index in [0.29, 0.717) is 10.9 Å². The first-order chi connectivity index (χ1) is 39.5. The number of nitrogens with zero attached hydrogens (tertiary/aromatic N) is 4. The molecule has 378 valence electrons. The van der Waals surface area contributed by atoms with Crippen molar-refractivity contribution in [2.24, 2.45) is 0 Å². The first-order valence-electron chi connectivity index (χ1n) is 27.0. The number of aromatic amines is 1. The van der Waals surface area contributed by atoms with Gasteiger partial charge in [-0.2, -0.15) is 0 Å². The second kappa shape index (κ2) is 19.1. The molecule has 7 heteroatoms. The third kappa shape index (κ3) is 7.82. The fourth-order valence-electron chi connectivity index (χ4n) is 12.4. The quantitative estimate of drug-likeness (QED) is 0.138. The first kappa shape index (κ1) is 46.5. The molecule has 7 nitrogen and oxygen atoms in total. The van der Waals surface area contributed by atoms with Crippen LogP contribution in [-0.4, -0.2) is 23.6 Å². The summed E-state index contributed by atoms with van der Waals surface area (Å²) in [7, 11) is 0. The van der Waals surface area contributed by atoms with Gasteiger partial charge in [-0.05, 0) is 153 Å². The number of hydrogen-bond donors (Lipinski definition) is 1. The van der Waals surface area contributed by atoms with E-state index in [4.69, 9.17) is 0 Å². The van der Waals surface area contributed by atoms with Crippen molar-refractivity contribution < 1.29 is 4.92 Å². The average molecular weight is 1030 g/mol. The Labute approximate surface area is 460 Å². The predicted molar refractivity (Wildman–Crippen MR) is 332 cm³/mol. The van der Waals surface area contributed by atoms with Gasteiger partial charge in [0.15, 0.2) is 0 Å². The Bertz CT molecular complexity index is 5070. The van der Waals surface area contributed by atoms with E-state index in [2.05, 4.69) is 213 Å². The summed E-state index contributed by atoms with van der Waals surface area (Å²) in [6, 6.07) is 90.4. The van der Waals surface area contributed by atoms with Crippen LogP contribution in [0, 0.1) is 10.1 Å². The number of fused-ring (bicyclic) bond motifs is 15. The number of rotatable bonds is 5. The second-order valence-corrected chi connectivity index (χ2v) is 20.6. The maximum Gasteiger partial charge on any atom is 0.284 e. The fraction of sp³-hybridized carbons (Fsp3) is 0.0137. The number of H-pyrrole nitrogens is 1. The highest BCUT2D eigenvalue weighted by atomic mass is 16.6. The fourth-order valence-corrected chi connectivity index (χ4v) is 12.4. The van der Waals surface area contributed by atoms with Gasteiger partial charge in [0.25, 0.3) is 5.69 Å². The van der Waals surface area contributed by atoms with Gasteiger partial charge in [-0.15, -0.1) is 0 Å². The minimum Gasteiger partial charge on any atom is -0.353 e. The second-order valence-electron chi connectivity index (χ2n) is 20.6. The van der Waals surface area contributed by atoms with Crippen molar-refractivity contribution in [1.29, 1.82) is 0 Å². The van der Waals surface area contributed by atoms with Crippen LogP contribution in [0.15, 0.2) is 279 Å². The van der Waals surface area contributed by atoms with Gasteiger partial charge < -0.3 is 18.7 Å². The summed E-state index contributed by atoms with van der Waals surface area (Å²) in [5, 5.41) is 24.8. The van der Waals surface area contributed by atoms with Crippen LogP contribution in [0.5, 0.6) is 0 Å². The Morgan fingerprint density at radius 3 is 1.50 bits per heavy atom. The largest absolute Gasteiger partial charge is 0.353 e. The van der Waals surface area contributed by atoms with Gasteiger partial charge in [-0.3, -0.25) is 10.1 Å². The van der Waals surface area contributed by atoms with Gasteiger partial charge >= 0.3 is 0 Å². The third-order valence-electron chi connectivity index (χ3n) is 16.1. The zero-order valence-electron chi connectivity index (χ0n) is 43.4. The molecule has 0 bridgehead atoms. The van der Waals surface area contributed by atoms with E-state index in [9.17, 15) is 10.1 Å². The molecule has 17 rings (SSSR count). The molecule has 12 aromatic carbocycles. The van der Waals surface area contributed by atoms with E-state index in [1.807, 2.05) is 79.0 Å². The van der Waals surface area contributed by atoms with Crippen molar-refractivity contribution in [3.8, 4) is 39.3 Å². The number of para-hydroxylation sites is 3. The van der Waals surface area contributed by atoms with Gasteiger partial charge in [-0.1, -0.05) is 164 Å². The molecule has 1 aliphatic carbocycles. The molecule has 4 aromatic heterocycles. The molecule has 1 N–H and O–H groups in total. The average Bonchev–Trinajstić information content (AvgIpc) is 4.44. The minimum atomic E-state index is -0.281. The molecule has 0 unspecified atom stereocenters. The lowest BCUT2D eigenvalue weighted by Gasteiger charge is -2.08. The molecular formula is C73H49N5O2. The number of aromatic nitrogens is 4. The number of nitro groups is 1. The van der Waals surface area contributed by atoms with Crippen molar-refractivity contribution >= 4 is 92.5 Å². The number of nitrogens with one attached hydrogen (secondary N) is 1. The van der Waals surface area contributed by atoms with Crippen LogP contribution in [-0.2, 0) is 6.42 Å². The summed E-state index contributed by atoms with van der Waals surface area (Å²) in [5.41, 5.74) is 16.8. The zero-order chi connectivity index (χ0) is 53.3. The van der Waals surface area contributed by atoms with Crippen molar-refractivity contribution in [2.75, 3.05) is 0 Å². The van der Waals surface area contributed by atoms with Crippen LogP contribution in [0.2, 0.25) is 0 Å². The molecule has 80 heavy (non-hydrogen) atoms. The van der Waals surface area contributed by atoms with Crippen LogP contribution in [0.1, 0.15) is 11.1 Å². The molecule has 0 saturated carbocycles. The topological polar surface area (TPSA) is 73.7 Å². The highest BCUT2D eigenvalue weighted by Gasteiger charge is 2.23. The van der Waals surface area contributed by atoms with Crippen molar-refractivity contribution in [3.05, 3.63) is 301 Å². The van der Waals surface area contributed by atoms with Crippen LogP contribution in [0.3, 0.4) is 0 Å². The molecule has 0 aliphatic heterocycles. The number of hydrogen-bond acceptors (Lipinski definition) is 2. The Morgan fingerprint density at radius 1 is 0.350 bits per heavy atom. The third-order valence-corrected chi connectivity index (χ3v) is 16.1. The van der Waals surface area contributed by atoms with E-state index in [1.54, 1.807) is 6.07 Å². The molecule has 0 amide bonds. The molecule has 16 aromatic rings. The van der Waals surface area contributed by atoms with E-state index in [-0.39, 0.29) is 10.6 Å². The summed E-state index contributed by atoms with van der Waals surface area (Å²) in [5.74, 6) is 0. The first-order valence-corrected chi connectivity index (χ1v) is 27.0. The molecule has 1 aliphatic rings. The molecule has 0 atom stereocenters. The smallest absolute Gasteiger partial charge is 0.284 e. The molecule has 0 spiro atoms. The maximum absolute atomic E-state index is 11.9. The summed E-state index contributed by atoms with van der Waals surface area (Å²) >= 11 is 0. The van der Waals surface area contributed by atoms with E-state index >= 15 is 0 Å². The number of benzene rings is 12. The van der Waals surface area contributed by atoms with Crippen molar-refractivity contribution in [1.82, 2.24) is 18.7 Å². The highest BCUT2D eigenvalue weighted by Crippen LogP contribution is 2.43. The summed E-state index contributed by atoms with van der Waals surface area (Å²) in [6.07, 6.45) is 7.38.